The number of rotatable bonds is 8. The highest BCUT2D eigenvalue weighted by molar-refractivity contribution is 5.79. The van der Waals surface area contributed by atoms with Crippen LogP contribution in [0.1, 0.15) is 33.1 Å². The predicted molar refractivity (Wildman–Crippen MR) is 72.0 cm³/mol. The Hall–Kier alpha value is -1.14. The fraction of sp³-hybridized carbons (Fsp3) is 0.833. The summed E-state index contributed by atoms with van der Waals surface area (Å²) in [6, 6.07) is -0.256. The van der Waals surface area contributed by atoms with Crippen molar-refractivity contribution < 1.29 is 14.7 Å². The topological polar surface area (TPSA) is 95.7 Å². The zero-order chi connectivity index (χ0) is 14.6. The number of likely N-dealkylation sites (N-methyl/N-ethyl adjacent to an activating group) is 1. The van der Waals surface area contributed by atoms with Crippen LogP contribution >= 0.6 is 0 Å². The molecule has 0 heterocycles. The van der Waals surface area contributed by atoms with Gasteiger partial charge in [0.05, 0.1) is 6.04 Å². The molecule has 2 amide bonds. The zero-order valence-corrected chi connectivity index (χ0v) is 11.9. The van der Waals surface area contributed by atoms with E-state index in [2.05, 4.69) is 5.32 Å². The molecular weight excluding hydrogens is 234 g/mol. The van der Waals surface area contributed by atoms with Crippen LogP contribution in [0.4, 0.5) is 0 Å². The maximum absolute atomic E-state index is 11.0. The third kappa shape index (κ3) is 10.0. The summed E-state index contributed by atoms with van der Waals surface area (Å²) in [4.78, 5) is 23.5. The number of aliphatic hydroxyl groups excluding tert-OH is 1. The van der Waals surface area contributed by atoms with Crippen LogP contribution in [0.2, 0.25) is 0 Å². The molecule has 108 valence electrons. The van der Waals surface area contributed by atoms with Crippen molar-refractivity contribution in [1.82, 2.24) is 10.2 Å². The summed E-state index contributed by atoms with van der Waals surface area (Å²) in [5, 5.41) is 11.0. The van der Waals surface area contributed by atoms with E-state index < -0.39 is 6.61 Å². The number of amides is 2. The number of nitrogens with zero attached hydrogens (tertiary/aromatic N) is 1. The second kappa shape index (κ2) is 12.3. The Balaban J connectivity index is 0. The molecule has 6 nitrogen and oxygen atoms in total. The Kier molecular flexibility index (Phi) is 13.1. The minimum absolute atomic E-state index is 0.256. The molecular formula is C12H27N3O3. The number of aliphatic hydroxyl groups is 1. The lowest BCUT2D eigenvalue weighted by molar-refractivity contribution is -0.124. The predicted octanol–water partition coefficient (Wildman–Crippen LogP) is -0.293. The zero-order valence-electron chi connectivity index (χ0n) is 11.9. The molecule has 0 aliphatic heterocycles. The van der Waals surface area contributed by atoms with Gasteiger partial charge in [-0.1, -0.05) is 13.8 Å². The first-order valence-electron chi connectivity index (χ1n) is 6.32. The summed E-state index contributed by atoms with van der Waals surface area (Å²) in [7, 11) is 3.62. The van der Waals surface area contributed by atoms with Crippen LogP contribution in [0.25, 0.3) is 0 Å². The van der Waals surface area contributed by atoms with Crippen molar-refractivity contribution >= 4 is 11.8 Å². The van der Waals surface area contributed by atoms with Crippen LogP contribution < -0.4 is 11.1 Å². The molecule has 6 heteroatoms. The Bertz CT molecular complexity index is 233. The van der Waals surface area contributed by atoms with Gasteiger partial charge in [-0.3, -0.25) is 14.5 Å². The molecule has 0 saturated carbocycles. The average molecular weight is 261 g/mol. The number of unbranched alkanes of at least 4 members (excludes halogenated alkanes) is 1. The molecule has 0 aliphatic rings. The van der Waals surface area contributed by atoms with Crippen LogP contribution in [0.15, 0.2) is 0 Å². The molecule has 0 radical (unpaired) electrons. The number of carbonyl (C=O) groups excluding carboxylic acids is 2. The van der Waals surface area contributed by atoms with Gasteiger partial charge in [0.25, 0.3) is 0 Å². The molecule has 18 heavy (non-hydrogen) atoms. The van der Waals surface area contributed by atoms with E-state index in [0.29, 0.717) is 13.0 Å². The maximum Gasteiger partial charge on any atom is 0.245 e. The Morgan fingerprint density at radius 3 is 2.22 bits per heavy atom. The molecule has 0 aliphatic carbocycles. The SMILES string of the molecule is CC.CN(C)C(CCCCNC(=O)CO)C(N)=O. The van der Waals surface area contributed by atoms with Gasteiger partial charge in [-0.15, -0.1) is 0 Å². The summed E-state index contributed by atoms with van der Waals surface area (Å²) in [5.41, 5.74) is 5.24. The van der Waals surface area contributed by atoms with Crippen molar-refractivity contribution in [2.75, 3.05) is 27.2 Å². The van der Waals surface area contributed by atoms with E-state index in [9.17, 15) is 9.59 Å². The van der Waals surface area contributed by atoms with E-state index in [1.165, 1.54) is 0 Å². The van der Waals surface area contributed by atoms with Crippen LogP contribution in [-0.2, 0) is 9.59 Å². The van der Waals surface area contributed by atoms with Gasteiger partial charge in [0.15, 0.2) is 0 Å². The Labute approximate surface area is 110 Å². The number of hydrogen-bond donors (Lipinski definition) is 3. The summed E-state index contributed by atoms with van der Waals surface area (Å²) >= 11 is 0. The second-order valence-corrected chi connectivity index (χ2v) is 3.89. The minimum atomic E-state index is -0.485. The van der Waals surface area contributed by atoms with Gasteiger partial charge in [-0.25, -0.2) is 0 Å². The largest absolute Gasteiger partial charge is 0.387 e. The lowest BCUT2D eigenvalue weighted by Gasteiger charge is -2.20. The van der Waals surface area contributed by atoms with Gasteiger partial charge in [0.2, 0.25) is 11.8 Å². The third-order valence-corrected chi connectivity index (χ3v) is 2.32. The van der Waals surface area contributed by atoms with E-state index >= 15 is 0 Å². The maximum atomic E-state index is 11.0. The van der Waals surface area contributed by atoms with Crippen LogP contribution in [0.3, 0.4) is 0 Å². The molecule has 0 aromatic carbocycles. The van der Waals surface area contributed by atoms with E-state index in [0.717, 1.165) is 12.8 Å². The summed E-state index contributed by atoms with van der Waals surface area (Å²) < 4.78 is 0. The molecule has 1 atom stereocenters. The van der Waals surface area contributed by atoms with Gasteiger partial charge in [0, 0.05) is 6.54 Å². The van der Waals surface area contributed by atoms with Gasteiger partial charge in [-0.2, -0.15) is 0 Å². The van der Waals surface area contributed by atoms with Crippen molar-refractivity contribution in [3.05, 3.63) is 0 Å². The Morgan fingerprint density at radius 1 is 1.28 bits per heavy atom. The van der Waals surface area contributed by atoms with Crippen molar-refractivity contribution in [2.45, 2.75) is 39.2 Å². The first-order valence-corrected chi connectivity index (χ1v) is 6.32. The average Bonchev–Trinajstić information content (AvgIpc) is 2.34. The number of nitrogens with one attached hydrogen (secondary N) is 1. The fourth-order valence-electron chi connectivity index (χ4n) is 1.40. The van der Waals surface area contributed by atoms with Crippen molar-refractivity contribution in [3.63, 3.8) is 0 Å². The minimum Gasteiger partial charge on any atom is -0.387 e. The summed E-state index contributed by atoms with van der Waals surface area (Å²) in [5.74, 6) is -0.705. The van der Waals surface area contributed by atoms with Crippen molar-refractivity contribution in [2.24, 2.45) is 5.73 Å². The van der Waals surface area contributed by atoms with Crippen molar-refractivity contribution in [1.29, 1.82) is 0 Å². The number of nitrogens with two attached hydrogens (primary N) is 1. The van der Waals surface area contributed by atoms with Crippen LogP contribution in [-0.4, -0.2) is 55.1 Å². The smallest absolute Gasteiger partial charge is 0.245 e. The van der Waals surface area contributed by atoms with E-state index in [1.54, 1.807) is 4.90 Å². The highest BCUT2D eigenvalue weighted by Gasteiger charge is 2.16. The molecule has 0 fully saturated rings. The van der Waals surface area contributed by atoms with Gasteiger partial charge in [-0.05, 0) is 33.4 Å². The highest BCUT2D eigenvalue weighted by atomic mass is 16.3. The molecule has 0 saturated heterocycles. The standard InChI is InChI=1S/C10H21N3O3.C2H6/c1-13(2)8(10(11)16)5-3-4-6-12-9(15)7-14;1-2/h8,14H,3-7H2,1-2H3,(H2,11,16)(H,12,15);1-2H3. The van der Waals surface area contributed by atoms with E-state index in [1.807, 2.05) is 27.9 Å². The number of hydrogen-bond acceptors (Lipinski definition) is 4. The molecule has 0 aromatic rings. The monoisotopic (exact) mass is 261 g/mol. The second-order valence-electron chi connectivity index (χ2n) is 3.89. The third-order valence-electron chi connectivity index (χ3n) is 2.32. The first-order chi connectivity index (χ1) is 8.49. The quantitative estimate of drug-likeness (QED) is 0.523. The fourth-order valence-corrected chi connectivity index (χ4v) is 1.40. The number of carbonyl (C=O) groups is 2. The molecule has 4 N–H and O–H groups in total. The van der Waals surface area contributed by atoms with E-state index in [-0.39, 0.29) is 17.9 Å². The lowest BCUT2D eigenvalue weighted by Crippen LogP contribution is -2.40. The van der Waals surface area contributed by atoms with Crippen LogP contribution in [0, 0.1) is 0 Å². The molecule has 1 unspecified atom stereocenters. The van der Waals surface area contributed by atoms with Crippen LogP contribution in [0.5, 0.6) is 0 Å². The first kappa shape index (κ1) is 19.2. The summed E-state index contributed by atoms with van der Waals surface area (Å²) in [6.07, 6.45) is 2.25. The molecule has 0 spiro atoms. The lowest BCUT2D eigenvalue weighted by atomic mass is 10.1. The Morgan fingerprint density at radius 2 is 1.83 bits per heavy atom. The number of primary amides is 1. The van der Waals surface area contributed by atoms with Crippen molar-refractivity contribution in [3.8, 4) is 0 Å². The highest BCUT2D eigenvalue weighted by Crippen LogP contribution is 2.04. The van der Waals surface area contributed by atoms with Gasteiger partial charge in [0.1, 0.15) is 6.61 Å². The summed E-state index contributed by atoms with van der Waals surface area (Å²) in [6.45, 7) is 4.03. The van der Waals surface area contributed by atoms with Gasteiger partial charge < -0.3 is 16.2 Å². The molecule has 0 bridgehead atoms. The van der Waals surface area contributed by atoms with E-state index in [4.69, 9.17) is 10.8 Å². The van der Waals surface area contributed by atoms with Gasteiger partial charge >= 0.3 is 0 Å². The molecule has 0 aromatic heterocycles. The molecule has 0 rings (SSSR count). The normalized spacial score (nSPS) is 11.4.